The number of aromatic nitrogens is 2. The van der Waals surface area contributed by atoms with Crippen molar-refractivity contribution >= 4 is 26.7 Å². The fourth-order valence-corrected chi connectivity index (χ4v) is 5.32. The van der Waals surface area contributed by atoms with Crippen molar-refractivity contribution in [2.75, 3.05) is 11.8 Å². The minimum absolute atomic E-state index is 0.0303. The molecule has 0 amide bonds. The van der Waals surface area contributed by atoms with Gasteiger partial charge >= 0.3 is 0 Å². The topological polar surface area (TPSA) is 103 Å². The largest absolute Gasteiger partial charge is 0.495 e. The number of benzene rings is 2. The van der Waals surface area contributed by atoms with E-state index >= 15 is 0 Å². The molecule has 1 aliphatic carbocycles. The lowest BCUT2D eigenvalue weighted by Gasteiger charge is -2.15. The van der Waals surface area contributed by atoms with Crippen LogP contribution in [0.1, 0.15) is 31.2 Å². The van der Waals surface area contributed by atoms with Gasteiger partial charge < -0.3 is 9.26 Å². The molecule has 0 radical (unpaired) electrons. The number of hydrogen-bond acceptors (Lipinski definition) is 6. The van der Waals surface area contributed by atoms with Gasteiger partial charge in [0.15, 0.2) is 5.82 Å². The van der Waals surface area contributed by atoms with Crippen LogP contribution >= 0.6 is 0 Å². The Hall–Kier alpha value is -4.03. The summed E-state index contributed by atoms with van der Waals surface area (Å²) in [6, 6.07) is 14.4. The highest BCUT2D eigenvalue weighted by Crippen LogP contribution is 2.28. The third-order valence-corrected chi connectivity index (χ3v) is 7.40. The summed E-state index contributed by atoms with van der Waals surface area (Å²) in [6.45, 7) is 0. The van der Waals surface area contributed by atoms with Gasteiger partial charge in [-0.3, -0.25) is 14.1 Å². The summed E-state index contributed by atoms with van der Waals surface area (Å²) in [7, 11) is -2.35. The molecule has 0 saturated heterocycles. The van der Waals surface area contributed by atoms with Crippen molar-refractivity contribution in [1.82, 2.24) is 9.72 Å². The molecule has 5 rings (SSSR count). The summed E-state index contributed by atoms with van der Waals surface area (Å²) >= 11 is 0. The van der Waals surface area contributed by atoms with E-state index in [1.54, 1.807) is 25.3 Å². The van der Waals surface area contributed by atoms with Crippen molar-refractivity contribution in [1.29, 1.82) is 0 Å². The lowest BCUT2D eigenvalue weighted by atomic mass is 10.1. The quantitative estimate of drug-likeness (QED) is 0.419. The smallest absolute Gasteiger partial charge is 0.263 e. The van der Waals surface area contributed by atoms with Crippen molar-refractivity contribution < 1.29 is 17.7 Å². The summed E-state index contributed by atoms with van der Waals surface area (Å²) in [6.07, 6.45) is 6.00. The molecule has 1 saturated carbocycles. The minimum Gasteiger partial charge on any atom is -0.495 e. The third kappa shape index (κ3) is 4.66. The van der Waals surface area contributed by atoms with Crippen LogP contribution in [0.2, 0.25) is 0 Å². The molecular formula is C26H23N3O5S. The molecule has 0 atom stereocenters. The van der Waals surface area contributed by atoms with E-state index in [0.717, 1.165) is 18.4 Å². The second kappa shape index (κ2) is 9.31. The SMILES string of the molecule is COc1cc(C#CC2CCCC2)ccc1-n1c(=O)ccc2cc(S(=O)(=O)Nc3ccon3)ccc21. The molecule has 4 aromatic rings. The summed E-state index contributed by atoms with van der Waals surface area (Å²) in [5, 5.41) is 4.15. The van der Waals surface area contributed by atoms with Crippen LogP contribution in [-0.2, 0) is 10.0 Å². The van der Waals surface area contributed by atoms with Crippen LogP contribution in [0.15, 0.2) is 75.1 Å². The van der Waals surface area contributed by atoms with E-state index in [1.165, 1.54) is 47.9 Å². The number of fused-ring (bicyclic) bond motifs is 1. The molecular weight excluding hydrogens is 466 g/mol. The van der Waals surface area contributed by atoms with Crippen molar-refractivity contribution in [2.45, 2.75) is 30.6 Å². The Labute approximate surface area is 202 Å². The van der Waals surface area contributed by atoms with Gasteiger partial charge in [-0.05, 0) is 55.3 Å². The maximum absolute atomic E-state index is 12.9. The van der Waals surface area contributed by atoms with Crippen molar-refractivity contribution in [2.24, 2.45) is 5.92 Å². The average molecular weight is 490 g/mol. The Morgan fingerprint density at radius 1 is 1.09 bits per heavy atom. The number of sulfonamides is 1. The van der Waals surface area contributed by atoms with Crippen molar-refractivity contribution in [3.05, 3.63) is 76.8 Å². The zero-order valence-electron chi connectivity index (χ0n) is 19.0. The van der Waals surface area contributed by atoms with Gasteiger partial charge in [0.1, 0.15) is 12.0 Å². The van der Waals surface area contributed by atoms with E-state index in [4.69, 9.17) is 4.74 Å². The Kier molecular flexibility index (Phi) is 6.05. The molecule has 2 aromatic heterocycles. The monoisotopic (exact) mass is 489 g/mol. The first kappa shape index (κ1) is 22.7. The number of hydrogen-bond donors (Lipinski definition) is 1. The first-order valence-electron chi connectivity index (χ1n) is 11.2. The van der Waals surface area contributed by atoms with E-state index in [-0.39, 0.29) is 16.3 Å². The molecule has 35 heavy (non-hydrogen) atoms. The van der Waals surface area contributed by atoms with Crippen molar-refractivity contribution in [3.8, 4) is 23.3 Å². The van der Waals surface area contributed by atoms with Gasteiger partial charge in [-0.15, -0.1) is 0 Å². The lowest BCUT2D eigenvalue weighted by molar-refractivity contribution is 0.413. The zero-order valence-corrected chi connectivity index (χ0v) is 19.8. The number of methoxy groups -OCH3 is 1. The Morgan fingerprint density at radius 3 is 2.66 bits per heavy atom. The Morgan fingerprint density at radius 2 is 1.91 bits per heavy atom. The highest BCUT2D eigenvalue weighted by Gasteiger charge is 2.18. The average Bonchev–Trinajstić information content (AvgIpc) is 3.56. The van der Waals surface area contributed by atoms with Gasteiger partial charge in [-0.2, -0.15) is 0 Å². The molecule has 8 nitrogen and oxygen atoms in total. The fourth-order valence-electron chi connectivity index (χ4n) is 4.30. The maximum Gasteiger partial charge on any atom is 0.263 e. The Balaban J connectivity index is 1.55. The summed E-state index contributed by atoms with van der Waals surface area (Å²) in [5.74, 6) is 7.59. The normalized spacial score (nSPS) is 14.0. The molecule has 1 N–H and O–H groups in total. The number of rotatable bonds is 5. The highest BCUT2D eigenvalue weighted by atomic mass is 32.2. The summed E-state index contributed by atoms with van der Waals surface area (Å²) in [5.41, 5.74) is 1.64. The van der Waals surface area contributed by atoms with E-state index in [9.17, 15) is 13.2 Å². The van der Waals surface area contributed by atoms with Crippen LogP contribution in [0.5, 0.6) is 5.75 Å². The standard InChI is InChI=1S/C26H23N3O5S/c1-33-24-16-19(7-6-18-4-2-3-5-18)8-11-23(24)29-22-12-10-21(17-20(22)9-13-26(29)30)35(31,32)28-25-14-15-34-27-25/h8-18H,2-5H2,1H3,(H,27,28). The van der Waals surface area contributed by atoms with Crippen LogP contribution < -0.4 is 15.0 Å². The third-order valence-electron chi connectivity index (χ3n) is 6.05. The van der Waals surface area contributed by atoms with E-state index in [2.05, 4.69) is 26.2 Å². The molecule has 2 heterocycles. The van der Waals surface area contributed by atoms with E-state index in [0.29, 0.717) is 28.3 Å². The van der Waals surface area contributed by atoms with Gasteiger partial charge in [0, 0.05) is 29.0 Å². The first-order valence-corrected chi connectivity index (χ1v) is 12.7. The number of anilines is 1. The number of ether oxygens (including phenoxy) is 1. The predicted octanol–water partition coefficient (Wildman–Crippen LogP) is 4.33. The van der Waals surface area contributed by atoms with Gasteiger partial charge in [0.2, 0.25) is 0 Å². The van der Waals surface area contributed by atoms with E-state index in [1.807, 2.05) is 12.1 Å². The molecule has 178 valence electrons. The van der Waals surface area contributed by atoms with Gasteiger partial charge in [0.05, 0.1) is 23.2 Å². The molecule has 0 unspecified atom stereocenters. The van der Waals surface area contributed by atoms with Gasteiger partial charge in [0.25, 0.3) is 15.6 Å². The maximum atomic E-state index is 12.9. The fraction of sp³-hybridized carbons (Fsp3) is 0.231. The first-order chi connectivity index (χ1) is 16.9. The van der Waals surface area contributed by atoms with Crippen LogP contribution in [0.4, 0.5) is 5.82 Å². The van der Waals surface area contributed by atoms with Gasteiger partial charge in [-0.1, -0.05) is 29.8 Å². The highest BCUT2D eigenvalue weighted by molar-refractivity contribution is 7.92. The van der Waals surface area contributed by atoms with Crippen LogP contribution in [0.3, 0.4) is 0 Å². The molecule has 1 aliphatic rings. The predicted molar refractivity (Wildman–Crippen MR) is 132 cm³/mol. The molecule has 0 bridgehead atoms. The molecule has 0 aliphatic heterocycles. The molecule has 9 heteroatoms. The minimum atomic E-state index is -3.89. The van der Waals surface area contributed by atoms with Gasteiger partial charge in [-0.25, -0.2) is 8.42 Å². The van der Waals surface area contributed by atoms with Crippen LogP contribution in [-0.4, -0.2) is 25.3 Å². The second-order valence-electron chi connectivity index (χ2n) is 8.36. The van der Waals surface area contributed by atoms with Crippen molar-refractivity contribution in [3.63, 3.8) is 0 Å². The molecule has 0 spiro atoms. The summed E-state index contributed by atoms with van der Waals surface area (Å²) < 4.78 is 39.7. The second-order valence-corrected chi connectivity index (χ2v) is 10.0. The van der Waals surface area contributed by atoms with Crippen LogP contribution in [0.25, 0.3) is 16.6 Å². The zero-order chi connectivity index (χ0) is 24.4. The molecule has 2 aromatic carbocycles. The number of nitrogens with zero attached hydrogens (tertiary/aromatic N) is 2. The lowest BCUT2D eigenvalue weighted by Crippen LogP contribution is -2.19. The van der Waals surface area contributed by atoms with E-state index < -0.39 is 10.0 Å². The molecule has 1 fully saturated rings. The van der Waals surface area contributed by atoms with Crippen LogP contribution in [0, 0.1) is 17.8 Å². The Bertz CT molecular complexity index is 1610. The number of nitrogens with one attached hydrogen (secondary N) is 1. The summed E-state index contributed by atoms with van der Waals surface area (Å²) in [4.78, 5) is 12.9. The number of pyridine rings is 1.